The summed E-state index contributed by atoms with van der Waals surface area (Å²) in [7, 11) is 1.60. The molecule has 0 radical (unpaired) electrons. The summed E-state index contributed by atoms with van der Waals surface area (Å²) in [6, 6.07) is 10.00. The van der Waals surface area contributed by atoms with Crippen molar-refractivity contribution in [2.45, 2.75) is 33.8 Å². The van der Waals surface area contributed by atoms with Gasteiger partial charge in [0.1, 0.15) is 18.0 Å². The molecule has 0 saturated carbocycles. The van der Waals surface area contributed by atoms with Crippen LogP contribution < -0.4 is 15.2 Å². The van der Waals surface area contributed by atoms with Crippen molar-refractivity contribution in [3.05, 3.63) is 51.7 Å². The number of nitrogens with zero attached hydrogens (tertiary/aromatic N) is 3. The van der Waals surface area contributed by atoms with Crippen LogP contribution in [0.15, 0.2) is 23.8 Å². The van der Waals surface area contributed by atoms with Gasteiger partial charge in [0.25, 0.3) is 0 Å². The monoisotopic (exact) mass is 386 g/mol. The van der Waals surface area contributed by atoms with E-state index in [1.807, 2.05) is 52.0 Å². The summed E-state index contributed by atoms with van der Waals surface area (Å²) in [6.45, 7) is 7.59. The number of rotatable bonds is 4. The normalized spacial score (nSPS) is 14.0. The second-order valence-electron chi connectivity index (χ2n) is 7.05. The molecule has 0 spiro atoms. The molecule has 6 heteroatoms. The highest BCUT2D eigenvalue weighted by molar-refractivity contribution is 6.09. The van der Waals surface area contributed by atoms with E-state index < -0.39 is 0 Å². The van der Waals surface area contributed by atoms with E-state index in [0.717, 1.165) is 22.3 Å². The molecule has 1 aliphatic carbocycles. The Balaban J connectivity index is 2.32. The minimum Gasteiger partial charge on any atom is -0.493 e. The number of anilines is 1. The molecule has 0 atom stereocenters. The third-order valence-electron chi connectivity index (χ3n) is 4.87. The Hall–Kier alpha value is -3.77. The second kappa shape index (κ2) is 7.69. The van der Waals surface area contributed by atoms with Crippen molar-refractivity contribution in [2.24, 2.45) is 0 Å². The number of aromatic nitrogens is 1. The first-order chi connectivity index (χ1) is 13.8. The molecule has 0 unspecified atom stereocenters. The smallest absolute Gasteiger partial charge is 0.168 e. The molecule has 2 aromatic rings. The predicted octanol–water partition coefficient (Wildman–Crippen LogP) is 4.49. The Labute approximate surface area is 170 Å². The van der Waals surface area contributed by atoms with Crippen LogP contribution in [0.5, 0.6) is 11.5 Å². The Kier molecular flexibility index (Phi) is 5.30. The van der Waals surface area contributed by atoms with Gasteiger partial charge < -0.3 is 15.2 Å². The topological polar surface area (TPSA) is 105 Å². The Morgan fingerprint density at radius 3 is 2.48 bits per heavy atom. The van der Waals surface area contributed by atoms with Crippen LogP contribution >= 0.6 is 0 Å². The van der Waals surface area contributed by atoms with Gasteiger partial charge in [-0.15, -0.1) is 0 Å². The molecule has 1 heterocycles. The molecule has 1 aromatic carbocycles. The summed E-state index contributed by atoms with van der Waals surface area (Å²) in [5, 5.41) is 19.2. The quantitative estimate of drug-likeness (QED) is 0.830. The summed E-state index contributed by atoms with van der Waals surface area (Å²) < 4.78 is 11.5. The molecule has 1 aliphatic rings. The lowest BCUT2D eigenvalue weighted by molar-refractivity contribution is 0.229. The zero-order valence-corrected chi connectivity index (χ0v) is 17.1. The van der Waals surface area contributed by atoms with Crippen molar-refractivity contribution in [1.29, 1.82) is 10.5 Å². The number of nitriles is 2. The zero-order valence-electron chi connectivity index (χ0n) is 17.1. The van der Waals surface area contributed by atoms with Gasteiger partial charge in [0, 0.05) is 11.1 Å². The fourth-order valence-electron chi connectivity index (χ4n) is 3.52. The summed E-state index contributed by atoms with van der Waals surface area (Å²) >= 11 is 0. The van der Waals surface area contributed by atoms with Gasteiger partial charge in [-0.05, 0) is 56.5 Å². The molecule has 0 saturated heterocycles. The number of nitrogens with two attached hydrogens (primary N) is 1. The fraction of sp³-hybridized carbons (Fsp3) is 0.261. The van der Waals surface area contributed by atoms with Crippen molar-refractivity contribution in [2.75, 3.05) is 12.8 Å². The standard InChI is InChI=1S/C23H22N4O2/c1-12(2)29-22-15(7-6-8-19(22)28-5)9-16-13(3)17(10-24)21-20(16)14(4)18(11-25)23(26)27-21/h6-9,12H,1-5H3,(H2,26,27). The minimum atomic E-state index is -0.0426. The molecule has 0 aliphatic heterocycles. The second-order valence-corrected chi connectivity index (χ2v) is 7.05. The first-order valence-corrected chi connectivity index (χ1v) is 9.21. The first-order valence-electron chi connectivity index (χ1n) is 9.21. The average molecular weight is 386 g/mol. The van der Waals surface area contributed by atoms with E-state index in [9.17, 15) is 10.5 Å². The van der Waals surface area contributed by atoms with Crippen LogP contribution in [0.3, 0.4) is 0 Å². The Bertz CT molecular complexity index is 1140. The number of nitrogen functional groups attached to an aromatic ring is 1. The molecule has 2 N–H and O–H groups in total. The van der Waals surface area contributed by atoms with Crippen LogP contribution in [-0.4, -0.2) is 18.2 Å². The van der Waals surface area contributed by atoms with Gasteiger partial charge in [-0.2, -0.15) is 10.5 Å². The molecule has 146 valence electrons. The van der Waals surface area contributed by atoms with Crippen LogP contribution in [0, 0.1) is 29.6 Å². The number of ether oxygens (including phenoxy) is 2. The number of allylic oxidation sites excluding steroid dienone is 3. The maximum Gasteiger partial charge on any atom is 0.168 e. The largest absolute Gasteiger partial charge is 0.493 e. The van der Waals surface area contributed by atoms with Crippen molar-refractivity contribution in [1.82, 2.24) is 4.98 Å². The molecule has 1 aromatic heterocycles. The number of fused-ring (bicyclic) bond motifs is 1. The fourth-order valence-corrected chi connectivity index (χ4v) is 3.52. The highest BCUT2D eigenvalue weighted by Gasteiger charge is 2.30. The van der Waals surface area contributed by atoms with Gasteiger partial charge in [-0.3, -0.25) is 0 Å². The minimum absolute atomic E-state index is 0.0426. The van der Waals surface area contributed by atoms with Gasteiger partial charge in [-0.25, -0.2) is 4.98 Å². The third-order valence-corrected chi connectivity index (χ3v) is 4.87. The highest BCUT2D eigenvalue weighted by Crippen LogP contribution is 2.45. The molecule has 29 heavy (non-hydrogen) atoms. The van der Waals surface area contributed by atoms with Crippen molar-refractivity contribution < 1.29 is 9.47 Å². The van der Waals surface area contributed by atoms with E-state index in [-0.39, 0.29) is 11.9 Å². The van der Waals surface area contributed by atoms with Crippen LogP contribution in [0.2, 0.25) is 0 Å². The van der Waals surface area contributed by atoms with Gasteiger partial charge in [0.15, 0.2) is 11.5 Å². The van der Waals surface area contributed by atoms with Crippen molar-refractivity contribution in [3.63, 3.8) is 0 Å². The summed E-state index contributed by atoms with van der Waals surface area (Å²) in [5.41, 5.74) is 11.1. The van der Waals surface area contributed by atoms with E-state index in [1.54, 1.807) is 7.11 Å². The van der Waals surface area contributed by atoms with Crippen molar-refractivity contribution in [3.8, 4) is 23.6 Å². The van der Waals surface area contributed by atoms with Crippen LogP contribution in [0.25, 0.3) is 17.2 Å². The average Bonchev–Trinajstić information content (AvgIpc) is 2.93. The lowest BCUT2D eigenvalue weighted by Gasteiger charge is -2.17. The SMILES string of the molecule is COc1cccc(C=C2C(C)=C(C#N)c3nc(N)c(C#N)c(C)c32)c1OC(C)C. The molecule has 3 rings (SSSR count). The maximum absolute atomic E-state index is 9.71. The summed E-state index contributed by atoms with van der Waals surface area (Å²) in [6.07, 6.45) is 1.91. The number of para-hydroxylation sites is 1. The number of hydrogen-bond donors (Lipinski definition) is 1. The Morgan fingerprint density at radius 1 is 1.17 bits per heavy atom. The van der Waals surface area contributed by atoms with E-state index in [4.69, 9.17) is 15.2 Å². The first kappa shape index (κ1) is 20.0. The van der Waals surface area contributed by atoms with Crippen LogP contribution in [-0.2, 0) is 0 Å². The van der Waals surface area contributed by atoms with Gasteiger partial charge in [0.05, 0.1) is 30.0 Å². The van der Waals surface area contributed by atoms with E-state index >= 15 is 0 Å². The maximum atomic E-state index is 9.71. The highest BCUT2D eigenvalue weighted by atomic mass is 16.5. The van der Waals surface area contributed by atoms with Crippen LogP contribution in [0.4, 0.5) is 5.82 Å². The predicted molar refractivity (Wildman–Crippen MR) is 113 cm³/mol. The molecule has 0 fully saturated rings. The Morgan fingerprint density at radius 2 is 1.90 bits per heavy atom. The number of methoxy groups -OCH3 is 1. The molecule has 6 nitrogen and oxygen atoms in total. The molecule has 0 bridgehead atoms. The third kappa shape index (κ3) is 3.30. The number of benzene rings is 1. The van der Waals surface area contributed by atoms with E-state index in [2.05, 4.69) is 17.1 Å². The van der Waals surface area contributed by atoms with Crippen molar-refractivity contribution >= 4 is 23.0 Å². The molecular weight excluding hydrogens is 364 g/mol. The van der Waals surface area contributed by atoms with E-state index in [1.165, 1.54) is 0 Å². The van der Waals surface area contributed by atoms with Gasteiger partial charge in [-0.1, -0.05) is 12.1 Å². The summed E-state index contributed by atoms with van der Waals surface area (Å²) in [4.78, 5) is 4.36. The molecule has 0 amide bonds. The lowest BCUT2D eigenvalue weighted by atomic mass is 9.95. The van der Waals surface area contributed by atoms with Gasteiger partial charge in [0.2, 0.25) is 0 Å². The lowest BCUT2D eigenvalue weighted by Crippen LogP contribution is -2.08. The zero-order chi connectivity index (χ0) is 21.3. The summed E-state index contributed by atoms with van der Waals surface area (Å²) in [5.74, 6) is 1.38. The number of hydrogen-bond acceptors (Lipinski definition) is 6. The number of pyridine rings is 1. The molecular formula is C23H22N4O2. The van der Waals surface area contributed by atoms with Gasteiger partial charge >= 0.3 is 0 Å². The van der Waals surface area contributed by atoms with E-state index in [0.29, 0.717) is 33.9 Å². The van der Waals surface area contributed by atoms with Crippen LogP contribution in [0.1, 0.15) is 48.7 Å².